The number of benzene rings is 1. The molecule has 0 saturated heterocycles. The molecule has 1 aromatic heterocycles. The van der Waals surface area contributed by atoms with E-state index < -0.39 is 0 Å². The fraction of sp³-hybridized carbons (Fsp3) is 0.357. The van der Waals surface area contributed by atoms with Crippen molar-refractivity contribution >= 4 is 0 Å². The van der Waals surface area contributed by atoms with E-state index in [9.17, 15) is 0 Å². The molecule has 4 nitrogen and oxygen atoms in total. The number of aromatic nitrogens is 2. The summed E-state index contributed by atoms with van der Waals surface area (Å²) in [5.74, 6) is 1.52. The summed E-state index contributed by atoms with van der Waals surface area (Å²) < 4.78 is 20.4. The van der Waals surface area contributed by atoms with Gasteiger partial charge in [-0.3, -0.25) is 4.68 Å². The fourth-order valence-electron chi connectivity index (χ4n) is 1.81. The van der Waals surface area contributed by atoms with E-state index in [1.807, 2.05) is 39.1 Å². The molecule has 0 saturated carbocycles. The van der Waals surface area contributed by atoms with Gasteiger partial charge in [-0.05, 0) is 32.0 Å². The second kappa shape index (κ2) is 5.58. The Morgan fingerprint density at radius 3 is 2.22 bits per heavy atom. The summed E-state index contributed by atoms with van der Waals surface area (Å²) in [4.78, 5) is 0. The first kappa shape index (κ1) is 11.1. The Bertz CT molecular complexity index is 542. The smallest absolute Gasteiger partial charge is 0.123 e. The summed E-state index contributed by atoms with van der Waals surface area (Å²) in [7, 11) is 1.82. The lowest BCUT2D eigenvalue weighted by Gasteiger charge is -2.11. The molecule has 1 aromatic carbocycles. The van der Waals surface area contributed by atoms with Crippen molar-refractivity contribution in [2.45, 2.75) is 13.8 Å². The van der Waals surface area contributed by atoms with Gasteiger partial charge in [0.25, 0.3) is 0 Å². The third-order valence-electron chi connectivity index (χ3n) is 2.56. The number of rotatable bonds is 5. The topological polar surface area (TPSA) is 36.3 Å². The second-order valence-electron chi connectivity index (χ2n) is 3.84. The Labute approximate surface area is 109 Å². The van der Waals surface area contributed by atoms with Gasteiger partial charge in [-0.2, -0.15) is 5.10 Å². The van der Waals surface area contributed by atoms with Crippen LogP contribution in [0, 0.1) is 0 Å². The third kappa shape index (κ3) is 2.64. The van der Waals surface area contributed by atoms with Crippen LogP contribution in [0.2, 0.25) is 0 Å². The van der Waals surface area contributed by atoms with E-state index in [1.165, 1.54) is 0 Å². The number of hydrogen-bond donors (Lipinski definition) is 0. The lowest BCUT2D eigenvalue weighted by molar-refractivity contribution is 0.323. The highest BCUT2D eigenvalue weighted by molar-refractivity contribution is 5.64. The van der Waals surface area contributed by atoms with Crippen LogP contribution in [0.5, 0.6) is 11.5 Å². The third-order valence-corrected chi connectivity index (χ3v) is 2.56. The van der Waals surface area contributed by atoms with Crippen LogP contribution in [0.3, 0.4) is 0 Å². The molecule has 0 spiro atoms. The minimum absolute atomic E-state index is 0.247. The molecule has 4 heteroatoms. The number of hydrogen-bond acceptors (Lipinski definition) is 3. The van der Waals surface area contributed by atoms with E-state index >= 15 is 0 Å². The summed E-state index contributed by atoms with van der Waals surface area (Å²) in [6.45, 7) is 5.09. The molecule has 0 bridgehead atoms. The van der Waals surface area contributed by atoms with Crippen LogP contribution >= 0.6 is 0 Å². The highest BCUT2D eigenvalue weighted by Gasteiger charge is 2.07. The van der Waals surface area contributed by atoms with Crippen LogP contribution in [0.15, 0.2) is 30.4 Å². The Balaban J connectivity index is 2.46. The number of aryl methyl sites for hydroxylation is 1. The molecule has 0 radical (unpaired) electrons. The van der Waals surface area contributed by atoms with E-state index in [2.05, 4.69) is 5.10 Å². The maximum Gasteiger partial charge on any atom is 0.123 e. The van der Waals surface area contributed by atoms with Crippen LogP contribution in [0.25, 0.3) is 11.3 Å². The first-order chi connectivity index (χ1) is 9.13. The summed E-state index contributed by atoms with van der Waals surface area (Å²) in [6, 6.07) is 7.46. The molecule has 0 aliphatic heterocycles. The van der Waals surface area contributed by atoms with Crippen molar-refractivity contribution in [3.05, 3.63) is 30.4 Å². The molecule has 0 N–H and O–H groups in total. The molecule has 0 aliphatic carbocycles. The van der Waals surface area contributed by atoms with Crippen molar-refractivity contribution in [1.29, 1.82) is 0 Å². The summed E-state index contributed by atoms with van der Waals surface area (Å²) in [5, 5.41) is 4.04. The first-order valence-electron chi connectivity index (χ1n) is 6.55. The van der Waals surface area contributed by atoms with Crippen molar-refractivity contribution in [1.82, 2.24) is 9.78 Å². The zero-order valence-electron chi connectivity index (χ0n) is 11.9. The minimum Gasteiger partial charge on any atom is -0.494 e. The molecule has 2 rings (SSSR count). The molecular formula is C14H18N2O2. The molecule has 96 valence electrons. The Morgan fingerprint density at radius 2 is 1.78 bits per heavy atom. The number of ether oxygens (including phenoxy) is 2. The molecule has 0 unspecified atom stereocenters. The highest BCUT2D eigenvalue weighted by atomic mass is 16.5. The average Bonchev–Trinajstić information content (AvgIpc) is 2.69. The molecule has 0 amide bonds. The molecule has 2 aromatic rings. The van der Waals surface area contributed by atoms with Crippen LogP contribution in [-0.4, -0.2) is 23.0 Å². The largest absolute Gasteiger partial charge is 0.494 e. The van der Waals surface area contributed by atoms with Gasteiger partial charge in [-0.1, -0.05) is 0 Å². The van der Waals surface area contributed by atoms with Crippen LogP contribution < -0.4 is 9.47 Å². The maximum atomic E-state index is 7.58. The summed E-state index contributed by atoms with van der Waals surface area (Å²) in [6.07, 6.45) is 0.247. The van der Waals surface area contributed by atoms with Gasteiger partial charge in [0.2, 0.25) is 0 Å². The zero-order chi connectivity index (χ0) is 13.8. The van der Waals surface area contributed by atoms with Gasteiger partial charge in [-0.15, -0.1) is 0 Å². The zero-order valence-corrected chi connectivity index (χ0v) is 10.9. The molecule has 0 fully saturated rings. The van der Waals surface area contributed by atoms with Gasteiger partial charge in [0.15, 0.2) is 0 Å². The van der Waals surface area contributed by atoms with Crippen molar-refractivity contribution in [2.75, 3.05) is 13.2 Å². The number of nitrogens with zero attached hydrogens (tertiary/aromatic N) is 2. The lowest BCUT2D eigenvalue weighted by Crippen LogP contribution is -1.98. The first-order valence-corrected chi connectivity index (χ1v) is 6.05. The summed E-state index contributed by atoms with van der Waals surface area (Å²) >= 11 is 0. The molecule has 0 atom stereocenters. The molecule has 0 aliphatic rings. The summed E-state index contributed by atoms with van der Waals surface area (Å²) in [5.41, 5.74) is 1.80. The van der Waals surface area contributed by atoms with E-state index in [0.717, 1.165) is 22.8 Å². The Hall–Kier alpha value is -1.97. The van der Waals surface area contributed by atoms with Gasteiger partial charge >= 0.3 is 0 Å². The normalized spacial score (nSPS) is 11.2. The molecule has 1 heterocycles. The maximum absolute atomic E-state index is 7.58. The fourth-order valence-corrected chi connectivity index (χ4v) is 1.81. The van der Waals surface area contributed by atoms with E-state index in [4.69, 9.17) is 10.8 Å². The molecular weight excluding hydrogens is 228 g/mol. The Morgan fingerprint density at radius 1 is 1.17 bits per heavy atom. The average molecular weight is 247 g/mol. The van der Waals surface area contributed by atoms with Crippen molar-refractivity contribution in [3.63, 3.8) is 0 Å². The van der Waals surface area contributed by atoms with Gasteiger partial charge < -0.3 is 9.47 Å². The van der Waals surface area contributed by atoms with E-state index in [1.54, 1.807) is 10.7 Å². The van der Waals surface area contributed by atoms with Crippen molar-refractivity contribution in [3.8, 4) is 22.8 Å². The minimum atomic E-state index is 0.247. The van der Waals surface area contributed by atoms with Crippen molar-refractivity contribution in [2.24, 2.45) is 7.05 Å². The standard InChI is InChI=1S/C14H18N2O2/c1-4-17-12-8-11(9-13(10-12)18-5-2)14-6-7-15-16(14)3/h6-10H,4-5H2,1-3H3/i7D. The van der Waals surface area contributed by atoms with Crippen LogP contribution in [0.4, 0.5) is 0 Å². The molecule has 18 heavy (non-hydrogen) atoms. The van der Waals surface area contributed by atoms with Crippen molar-refractivity contribution < 1.29 is 10.8 Å². The quantitative estimate of drug-likeness (QED) is 0.815. The SMILES string of the molecule is [2H]c1cc(-c2cc(OCC)cc(OCC)c2)n(C)n1. The van der Waals surface area contributed by atoms with Gasteiger partial charge in [0.1, 0.15) is 11.5 Å². The highest BCUT2D eigenvalue weighted by Crippen LogP contribution is 2.29. The van der Waals surface area contributed by atoms with Gasteiger partial charge in [0, 0.05) is 24.9 Å². The van der Waals surface area contributed by atoms with E-state index in [0.29, 0.717) is 13.2 Å². The predicted octanol–water partition coefficient (Wildman–Crippen LogP) is 2.88. The van der Waals surface area contributed by atoms with E-state index in [-0.39, 0.29) is 6.17 Å². The van der Waals surface area contributed by atoms with Crippen LogP contribution in [0.1, 0.15) is 15.2 Å². The lowest BCUT2D eigenvalue weighted by atomic mass is 10.1. The monoisotopic (exact) mass is 247 g/mol. The Kier molecular flexibility index (Phi) is 3.45. The second-order valence-corrected chi connectivity index (χ2v) is 3.84. The van der Waals surface area contributed by atoms with Gasteiger partial charge in [-0.25, -0.2) is 0 Å². The van der Waals surface area contributed by atoms with Gasteiger partial charge in [0.05, 0.1) is 20.3 Å². The predicted molar refractivity (Wildman–Crippen MR) is 71.0 cm³/mol. The van der Waals surface area contributed by atoms with Crippen LogP contribution in [-0.2, 0) is 7.05 Å².